The average Bonchev–Trinajstić information content (AvgIpc) is 3.54. The summed E-state index contributed by atoms with van der Waals surface area (Å²) >= 11 is 14.7. The molecule has 12 heteroatoms. The molecule has 2 amide bonds. The van der Waals surface area contributed by atoms with Gasteiger partial charge in [0.15, 0.2) is 16.1 Å². The first-order valence-corrected chi connectivity index (χ1v) is 14.9. The minimum Gasteiger partial charge on any atom is -0.342 e. The highest BCUT2D eigenvalue weighted by Gasteiger charge is 2.26. The van der Waals surface area contributed by atoms with Crippen LogP contribution >= 0.6 is 46.3 Å². The fourth-order valence-electron chi connectivity index (χ4n) is 3.80. The number of thioether (sulfide) groups is 1. The number of aryl methyl sites for hydroxylation is 1. The molecule has 2 aromatic carbocycles. The van der Waals surface area contributed by atoms with Crippen LogP contribution in [0.25, 0.3) is 11.3 Å². The number of nitrogens with one attached hydrogen (secondary N) is 2. The molecule has 2 aromatic heterocycles. The average molecular weight is 604 g/mol. The number of anilines is 1. The molecule has 0 radical (unpaired) electrons. The van der Waals surface area contributed by atoms with E-state index >= 15 is 0 Å². The van der Waals surface area contributed by atoms with Gasteiger partial charge in [-0.15, -0.1) is 21.5 Å². The normalized spacial score (nSPS) is 12.0. The van der Waals surface area contributed by atoms with Crippen molar-refractivity contribution in [1.29, 1.82) is 0 Å². The molecule has 0 aliphatic heterocycles. The number of benzene rings is 2. The molecule has 39 heavy (non-hydrogen) atoms. The molecule has 1 atom stereocenters. The lowest BCUT2D eigenvalue weighted by Crippen LogP contribution is -2.33. The molecule has 0 unspecified atom stereocenters. The second kappa shape index (κ2) is 13.0. The van der Waals surface area contributed by atoms with Crippen molar-refractivity contribution in [2.45, 2.75) is 45.4 Å². The Bertz CT molecular complexity index is 1470. The molecule has 2 heterocycles. The lowest BCUT2D eigenvalue weighted by Gasteiger charge is -2.22. The van der Waals surface area contributed by atoms with Gasteiger partial charge in [-0.2, -0.15) is 0 Å². The van der Waals surface area contributed by atoms with Gasteiger partial charge in [0.05, 0.1) is 27.5 Å². The highest BCUT2D eigenvalue weighted by atomic mass is 35.5. The van der Waals surface area contributed by atoms with Gasteiger partial charge in [0, 0.05) is 23.1 Å². The molecule has 4 aromatic rings. The van der Waals surface area contributed by atoms with Crippen molar-refractivity contribution in [2.75, 3.05) is 11.1 Å². The molecule has 0 aliphatic rings. The smallest absolute Gasteiger partial charge is 0.251 e. The third-order valence-electron chi connectivity index (χ3n) is 5.91. The first kappa shape index (κ1) is 29.1. The maximum Gasteiger partial charge on any atom is 0.251 e. The van der Waals surface area contributed by atoms with E-state index in [1.807, 2.05) is 61.9 Å². The molecular weight excluding hydrogens is 575 g/mol. The lowest BCUT2D eigenvalue weighted by atomic mass is 10.0. The van der Waals surface area contributed by atoms with E-state index in [-0.39, 0.29) is 23.5 Å². The number of carbonyl (C=O) groups is 2. The predicted molar refractivity (Wildman–Crippen MR) is 159 cm³/mol. The Morgan fingerprint density at radius 1 is 1.08 bits per heavy atom. The molecule has 4 rings (SSSR count). The van der Waals surface area contributed by atoms with Crippen molar-refractivity contribution in [3.8, 4) is 11.3 Å². The van der Waals surface area contributed by atoms with E-state index in [0.717, 1.165) is 11.3 Å². The van der Waals surface area contributed by atoms with Gasteiger partial charge in [-0.1, -0.05) is 78.6 Å². The van der Waals surface area contributed by atoms with Gasteiger partial charge in [0.2, 0.25) is 5.91 Å². The zero-order valence-corrected chi connectivity index (χ0v) is 25.0. The van der Waals surface area contributed by atoms with Crippen LogP contribution in [-0.4, -0.2) is 37.3 Å². The van der Waals surface area contributed by atoms with Crippen molar-refractivity contribution in [3.63, 3.8) is 0 Å². The Balaban J connectivity index is 1.41. The van der Waals surface area contributed by atoms with Gasteiger partial charge < -0.3 is 15.2 Å². The number of rotatable bonds is 10. The molecule has 0 aliphatic carbocycles. The standard InChI is InChI=1S/C27H28Cl2N6O2S2/c1-5-35-24(23(15(2)3)32-25(37)18-10-11-19(28)20(29)12-18)33-34-27(35)39-14-22(36)31-26-30-21(13-38-26)17-8-6-16(4)7-9-17/h6-13,15,23H,5,14H2,1-4H3,(H,32,37)(H,30,31,36)/t23-/m0/s1. The SMILES string of the molecule is CCn1c(SCC(=O)Nc2nc(-c3ccc(C)cc3)cs2)nnc1[C@@H](NC(=O)c1ccc(Cl)c(Cl)c1)C(C)C. The predicted octanol–water partition coefficient (Wildman–Crippen LogP) is 6.89. The van der Waals surface area contributed by atoms with Crippen molar-refractivity contribution < 1.29 is 9.59 Å². The number of amides is 2. The summed E-state index contributed by atoms with van der Waals surface area (Å²) in [5, 5.41) is 18.4. The molecule has 0 saturated carbocycles. The number of hydrogen-bond donors (Lipinski definition) is 2. The minimum atomic E-state index is -0.405. The lowest BCUT2D eigenvalue weighted by molar-refractivity contribution is -0.113. The number of carbonyl (C=O) groups excluding carboxylic acids is 2. The fraction of sp³-hybridized carbons (Fsp3) is 0.296. The van der Waals surface area contributed by atoms with Crippen molar-refractivity contribution in [2.24, 2.45) is 5.92 Å². The summed E-state index contributed by atoms with van der Waals surface area (Å²) in [6.45, 7) is 8.57. The zero-order valence-electron chi connectivity index (χ0n) is 21.9. The van der Waals surface area contributed by atoms with Crippen molar-refractivity contribution in [3.05, 3.63) is 74.8 Å². The van der Waals surface area contributed by atoms with Crippen LogP contribution in [0.5, 0.6) is 0 Å². The largest absolute Gasteiger partial charge is 0.342 e. The molecule has 0 saturated heterocycles. The van der Waals surface area contributed by atoms with E-state index in [1.165, 1.54) is 34.7 Å². The van der Waals surface area contributed by atoms with E-state index < -0.39 is 6.04 Å². The van der Waals surface area contributed by atoms with Crippen LogP contribution in [0, 0.1) is 12.8 Å². The van der Waals surface area contributed by atoms with Gasteiger partial charge in [0.1, 0.15) is 0 Å². The summed E-state index contributed by atoms with van der Waals surface area (Å²) in [6.07, 6.45) is 0. The van der Waals surface area contributed by atoms with Crippen LogP contribution in [0.2, 0.25) is 10.0 Å². The fourth-order valence-corrected chi connectivity index (χ4v) is 5.64. The summed E-state index contributed by atoms with van der Waals surface area (Å²) < 4.78 is 1.91. The van der Waals surface area contributed by atoms with E-state index in [1.54, 1.807) is 12.1 Å². The quantitative estimate of drug-likeness (QED) is 0.191. The van der Waals surface area contributed by atoms with E-state index in [4.69, 9.17) is 23.2 Å². The van der Waals surface area contributed by atoms with Crippen LogP contribution < -0.4 is 10.6 Å². The monoisotopic (exact) mass is 602 g/mol. The van der Waals surface area contributed by atoms with Crippen LogP contribution in [-0.2, 0) is 11.3 Å². The third kappa shape index (κ3) is 7.19. The highest BCUT2D eigenvalue weighted by molar-refractivity contribution is 7.99. The van der Waals surface area contributed by atoms with Gasteiger partial charge in [-0.25, -0.2) is 4.98 Å². The van der Waals surface area contributed by atoms with Crippen LogP contribution in [0.4, 0.5) is 5.13 Å². The molecule has 2 N–H and O–H groups in total. The second-order valence-electron chi connectivity index (χ2n) is 9.15. The molecule has 0 fully saturated rings. The molecular formula is C27H28Cl2N6O2S2. The maximum atomic E-state index is 13.0. The van der Waals surface area contributed by atoms with Gasteiger partial charge in [-0.3, -0.25) is 9.59 Å². The van der Waals surface area contributed by atoms with Gasteiger partial charge in [0.25, 0.3) is 5.91 Å². The van der Waals surface area contributed by atoms with Crippen LogP contribution in [0.15, 0.2) is 53.0 Å². The minimum absolute atomic E-state index is 0.0278. The number of hydrogen-bond acceptors (Lipinski definition) is 7. The van der Waals surface area contributed by atoms with Crippen LogP contribution in [0.1, 0.15) is 48.6 Å². The maximum absolute atomic E-state index is 13.0. The molecule has 204 valence electrons. The molecule has 0 bridgehead atoms. The van der Waals surface area contributed by atoms with Crippen LogP contribution in [0.3, 0.4) is 0 Å². The second-order valence-corrected chi connectivity index (χ2v) is 11.8. The molecule has 8 nitrogen and oxygen atoms in total. The zero-order chi connectivity index (χ0) is 28.1. The summed E-state index contributed by atoms with van der Waals surface area (Å²) in [4.78, 5) is 30.2. The Labute approximate surface area is 245 Å². The van der Waals surface area contributed by atoms with Gasteiger partial charge >= 0.3 is 0 Å². The van der Waals surface area contributed by atoms with E-state index in [0.29, 0.717) is 38.3 Å². The summed E-state index contributed by atoms with van der Waals surface area (Å²) in [7, 11) is 0. The first-order chi connectivity index (χ1) is 18.7. The highest BCUT2D eigenvalue weighted by Crippen LogP contribution is 2.28. The topological polar surface area (TPSA) is 102 Å². The number of aromatic nitrogens is 4. The Kier molecular flexibility index (Phi) is 9.66. The van der Waals surface area contributed by atoms with E-state index in [9.17, 15) is 9.59 Å². The third-order valence-corrected chi connectivity index (χ3v) is 8.37. The van der Waals surface area contributed by atoms with Crippen molar-refractivity contribution in [1.82, 2.24) is 25.1 Å². The number of halogens is 2. The van der Waals surface area contributed by atoms with Gasteiger partial charge in [-0.05, 0) is 38.0 Å². The van der Waals surface area contributed by atoms with Crippen molar-refractivity contribution >= 4 is 63.2 Å². The Morgan fingerprint density at radius 2 is 1.82 bits per heavy atom. The Morgan fingerprint density at radius 3 is 2.49 bits per heavy atom. The first-order valence-electron chi connectivity index (χ1n) is 12.3. The number of thiazole rings is 1. The molecule has 0 spiro atoms. The Hall–Kier alpha value is -2.92. The summed E-state index contributed by atoms with van der Waals surface area (Å²) in [5.74, 6) is 0.302. The summed E-state index contributed by atoms with van der Waals surface area (Å²) in [6, 6.07) is 12.4. The van der Waals surface area contributed by atoms with E-state index in [2.05, 4.69) is 25.8 Å². The summed E-state index contributed by atoms with van der Waals surface area (Å²) in [5.41, 5.74) is 3.40. The number of nitrogens with zero attached hydrogens (tertiary/aromatic N) is 4.